The van der Waals surface area contributed by atoms with Crippen LogP contribution >= 0.6 is 0 Å². The van der Waals surface area contributed by atoms with Gasteiger partial charge in [-0.1, -0.05) is 6.92 Å². The van der Waals surface area contributed by atoms with Crippen molar-refractivity contribution in [2.45, 2.75) is 67.4 Å². The maximum absolute atomic E-state index is 13.5. The Bertz CT molecular complexity index is 694. The Kier molecular flexibility index (Phi) is 8.35. The van der Waals surface area contributed by atoms with Gasteiger partial charge in [0.1, 0.15) is 0 Å². The van der Waals surface area contributed by atoms with E-state index in [0.29, 0.717) is 0 Å². The standard InChI is InChI=1S/C14H10F17O2/c1-2-3-6(32)33-5-4-7(15,16)8(17,18)9(19,20)10(21,22)11(23,24)12(25,26)13(27,28)14(29,30)31/h2H,3-5H2,1H3. The molecule has 33 heavy (non-hydrogen) atoms. The number of carbonyl (C=O) groups excluding carboxylic acids is 1. The summed E-state index contributed by atoms with van der Waals surface area (Å²) in [6.45, 7) is -0.749. The van der Waals surface area contributed by atoms with Crippen molar-refractivity contribution in [1.29, 1.82) is 0 Å². The van der Waals surface area contributed by atoms with Crippen molar-refractivity contribution in [1.82, 2.24) is 0 Å². The zero-order valence-corrected chi connectivity index (χ0v) is 15.4. The monoisotopic (exact) mass is 533 g/mol. The molecule has 0 atom stereocenters. The summed E-state index contributed by atoms with van der Waals surface area (Å²) >= 11 is 0. The molecule has 2 nitrogen and oxygen atoms in total. The Hall–Kier alpha value is -1.72. The van der Waals surface area contributed by atoms with E-state index in [1.54, 1.807) is 0 Å². The average Bonchev–Trinajstić information content (AvgIpc) is 2.59. The highest BCUT2D eigenvalue weighted by Crippen LogP contribution is 2.64. The second kappa shape index (κ2) is 8.81. The Morgan fingerprint density at radius 3 is 1.27 bits per heavy atom. The van der Waals surface area contributed by atoms with Gasteiger partial charge in [-0.2, -0.15) is 74.6 Å². The smallest absolute Gasteiger partial charge is 0.460 e. The van der Waals surface area contributed by atoms with Crippen molar-refractivity contribution in [2.75, 3.05) is 6.61 Å². The summed E-state index contributed by atoms with van der Waals surface area (Å²) < 4.78 is 225. The molecule has 1 radical (unpaired) electrons. The fourth-order valence-electron chi connectivity index (χ4n) is 1.87. The molecule has 0 unspecified atom stereocenters. The molecule has 0 aromatic heterocycles. The molecule has 0 N–H and O–H groups in total. The molecule has 0 aliphatic rings. The average molecular weight is 533 g/mol. The minimum Gasteiger partial charge on any atom is -0.465 e. The molecule has 0 bridgehead atoms. The molecule has 0 aliphatic carbocycles. The van der Waals surface area contributed by atoms with E-state index < -0.39 is 73.1 Å². The number of hydrogen-bond acceptors (Lipinski definition) is 2. The third kappa shape index (κ3) is 4.77. The van der Waals surface area contributed by atoms with Crippen LogP contribution < -0.4 is 0 Å². The van der Waals surface area contributed by atoms with Gasteiger partial charge in [-0.05, 0) is 6.42 Å². The first-order valence-corrected chi connectivity index (χ1v) is 7.85. The molecule has 197 valence electrons. The van der Waals surface area contributed by atoms with Gasteiger partial charge in [0.05, 0.1) is 13.0 Å². The van der Waals surface area contributed by atoms with Gasteiger partial charge in [-0.15, -0.1) is 0 Å². The second-order valence-corrected chi connectivity index (χ2v) is 6.23. The van der Waals surface area contributed by atoms with Crippen LogP contribution in [-0.4, -0.2) is 60.2 Å². The quantitative estimate of drug-likeness (QED) is 0.223. The van der Waals surface area contributed by atoms with Crippen molar-refractivity contribution >= 4 is 5.97 Å². The van der Waals surface area contributed by atoms with E-state index in [9.17, 15) is 79.4 Å². The second-order valence-electron chi connectivity index (χ2n) is 6.23. The summed E-state index contributed by atoms with van der Waals surface area (Å²) in [5.74, 6) is -58.1. The van der Waals surface area contributed by atoms with Crippen LogP contribution in [0.5, 0.6) is 0 Å². The van der Waals surface area contributed by atoms with Gasteiger partial charge in [0.2, 0.25) is 0 Å². The Labute approximate surface area is 172 Å². The fraction of sp³-hybridized carbons (Fsp3) is 0.857. The highest BCUT2D eigenvalue weighted by molar-refractivity contribution is 5.70. The van der Waals surface area contributed by atoms with Crippen molar-refractivity contribution < 1.29 is 84.2 Å². The molecule has 0 saturated heterocycles. The van der Waals surface area contributed by atoms with Crippen LogP contribution in [0.4, 0.5) is 74.6 Å². The van der Waals surface area contributed by atoms with Gasteiger partial charge in [0.15, 0.2) is 0 Å². The van der Waals surface area contributed by atoms with E-state index in [1.807, 2.05) is 0 Å². The van der Waals surface area contributed by atoms with Crippen LogP contribution in [-0.2, 0) is 9.53 Å². The Morgan fingerprint density at radius 1 is 0.606 bits per heavy atom. The maximum atomic E-state index is 13.5. The Morgan fingerprint density at radius 2 is 0.939 bits per heavy atom. The van der Waals surface area contributed by atoms with Gasteiger partial charge >= 0.3 is 53.6 Å². The zero-order valence-electron chi connectivity index (χ0n) is 15.4. The molecule has 0 spiro atoms. The number of alkyl halides is 17. The predicted octanol–water partition coefficient (Wildman–Crippen LogP) is 6.54. The first-order valence-electron chi connectivity index (χ1n) is 7.85. The molecule has 19 heteroatoms. The van der Waals surface area contributed by atoms with Crippen LogP contribution in [0, 0.1) is 6.42 Å². The topological polar surface area (TPSA) is 26.3 Å². The summed E-state index contributed by atoms with van der Waals surface area (Å²) in [7, 11) is 0. The molecule has 0 aliphatic heterocycles. The summed E-state index contributed by atoms with van der Waals surface area (Å²) in [5.41, 5.74) is 0. The summed E-state index contributed by atoms with van der Waals surface area (Å²) in [5, 5.41) is 0. The lowest BCUT2D eigenvalue weighted by Crippen LogP contribution is -2.74. The van der Waals surface area contributed by atoms with E-state index in [2.05, 4.69) is 4.74 Å². The molecule has 0 aromatic carbocycles. The van der Waals surface area contributed by atoms with E-state index in [1.165, 1.54) is 6.92 Å². The lowest BCUT2D eigenvalue weighted by molar-refractivity contribution is -0.461. The lowest BCUT2D eigenvalue weighted by Gasteiger charge is -2.42. The van der Waals surface area contributed by atoms with E-state index in [0.717, 1.165) is 6.42 Å². The van der Waals surface area contributed by atoms with Crippen molar-refractivity contribution in [3.63, 3.8) is 0 Å². The van der Waals surface area contributed by atoms with E-state index in [4.69, 9.17) is 0 Å². The number of ether oxygens (including phenoxy) is 1. The Balaban J connectivity index is 6.29. The largest absolute Gasteiger partial charge is 0.465 e. The summed E-state index contributed by atoms with van der Waals surface area (Å²) in [4.78, 5) is 10.9. The minimum atomic E-state index is -8.66. The minimum absolute atomic E-state index is 0.662. The van der Waals surface area contributed by atoms with Crippen LogP contribution in [0.1, 0.15) is 19.8 Å². The number of rotatable bonds is 11. The molecule has 0 amide bonds. The number of halogens is 17. The predicted molar refractivity (Wildman–Crippen MR) is 70.9 cm³/mol. The highest BCUT2D eigenvalue weighted by Gasteiger charge is 2.95. The molecule has 0 heterocycles. The van der Waals surface area contributed by atoms with E-state index in [-0.39, 0.29) is 0 Å². The first kappa shape index (κ1) is 31.3. The van der Waals surface area contributed by atoms with Crippen LogP contribution in [0.3, 0.4) is 0 Å². The van der Waals surface area contributed by atoms with Gasteiger partial charge in [-0.25, -0.2) is 0 Å². The van der Waals surface area contributed by atoms with E-state index >= 15 is 0 Å². The molecule has 0 fully saturated rings. The molecule has 0 rings (SSSR count). The molecular weight excluding hydrogens is 523 g/mol. The van der Waals surface area contributed by atoms with Gasteiger partial charge in [0.25, 0.3) is 0 Å². The van der Waals surface area contributed by atoms with Crippen LogP contribution in [0.2, 0.25) is 0 Å². The lowest BCUT2D eigenvalue weighted by atomic mass is 9.88. The summed E-state index contributed by atoms with van der Waals surface area (Å²) in [6, 6.07) is 0. The van der Waals surface area contributed by atoms with Gasteiger partial charge < -0.3 is 4.74 Å². The number of carbonyl (C=O) groups is 1. The maximum Gasteiger partial charge on any atom is 0.460 e. The third-order valence-electron chi connectivity index (χ3n) is 3.84. The summed E-state index contributed by atoms with van der Waals surface area (Å²) in [6.07, 6.45) is -10.3. The number of hydrogen-bond donors (Lipinski definition) is 0. The van der Waals surface area contributed by atoms with Gasteiger partial charge in [0, 0.05) is 6.42 Å². The fourth-order valence-corrected chi connectivity index (χ4v) is 1.87. The van der Waals surface area contributed by atoms with Crippen molar-refractivity contribution in [3.05, 3.63) is 6.42 Å². The molecule has 0 saturated carbocycles. The molecule has 0 aromatic rings. The highest BCUT2D eigenvalue weighted by atomic mass is 19.4. The normalized spacial score (nSPS) is 15.6. The first-order chi connectivity index (χ1) is 14.2. The van der Waals surface area contributed by atoms with Crippen molar-refractivity contribution in [3.8, 4) is 0 Å². The van der Waals surface area contributed by atoms with Crippen molar-refractivity contribution in [2.24, 2.45) is 0 Å². The SMILES string of the molecule is C[CH]CC(=O)OCCC(F)(F)C(F)(F)C(F)(F)C(F)(F)C(F)(F)C(F)(F)C(F)(F)C(F)(F)F. The third-order valence-corrected chi connectivity index (χ3v) is 3.84. The zero-order chi connectivity index (χ0) is 27.1. The number of esters is 1. The van der Waals surface area contributed by atoms with Crippen LogP contribution in [0.15, 0.2) is 0 Å². The molecular formula is C14H10F17O2. The van der Waals surface area contributed by atoms with Gasteiger partial charge in [-0.3, -0.25) is 4.79 Å². The van der Waals surface area contributed by atoms with Crippen LogP contribution in [0.25, 0.3) is 0 Å².